The van der Waals surface area contributed by atoms with Crippen LogP contribution in [0.5, 0.6) is 0 Å². The molecular weight excluding hydrogens is 333 g/mol. The molecule has 2 rings (SSSR count). The predicted molar refractivity (Wildman–Crippen MR) is 74.8 cm³/mol. The number of ether oxygens (including phenoxy) is 2. The molecule has 1 aliphatic heterocycles. The lowest BCUT2D eigenvalue weighted by molar-refractivity contribution is -0.142. The molecule has 0 aromatic heterocycles. The Morgan fingerprint density at radius 2 is 2.09 bits per heavy atom. The largest absolute Gasteiger partial charge is 0.465 e. The van der Waals surface area contributed by atoms with Crippen molar-refractivity contribution < 1.29 is 33.4 Å². The van der Waals surface area contributed by atoms with Crippen molar-refractivity contribution in [3.63, 3.8) is 0 Å². The number of nitrogens with one attached hydrogen (secondary N) is 1. The highest BCUT2D eigenvalue weighted by atomic mass is 35.5. The number of hydrogen-bond donors (Lipinski definition) is 2. The first kappa shape index (κ1) is 16.8. The van der Waals surface area contributed by atoms with Crippen molar-refractivity contribution >= 4 is 29.4 Å². The summed E-state index contributed by atoms with van der Waals surface area (Å²) >= 11 is 5.66. The van der Waals surface area contributed by atoms with E-state index in [0.717, 1.165) is 13.0 Å². The molecule has 1 atom stereocenters. The number of rotatable bonds is 3. The summed E-state index contributed by atoms with van der Waals surface area (Å²) in [5.74, 6) is -3.82. The number of carbonyl (C=O) groups is 3. The van der Waals surface area contributed by atoms with Gasteiger partial charge in [-0.3, -0.25) is 14.9 Å². The van der Waals surface area contributed by atoms with Gasteiger partial charge in [0.15, 0.2) is 0 Å². The number of carbonyl (C=O) groups excluding carboxylic acids is 2. The number of esters is 1. The molecule has 7 nitrogen and oxygen atoms in total. The zero-order valence-corrected chi connectivity index (χ0v) is 12.7. The van der Waals surface area contributed by atoms with E-state index in [9.17, 15) is 18.8 Å². The van der Waals surface area contributed by atoms with Crippen LogP contribution in [-0.4, -0.2) is 23.0 Å². The maximum absolute atomic E-state index is 14.1. The van der Waals surface area contributed by atoms with Gasteiger partial charge in [0, 0.05) is 17.5 Å². The number of Topliss-reactive ketones (excluding diaryl/α,β-unsaturated/α-hetero) is 1. The highest BCUT2D eigenvalue weighted by Crippen LogP contribution is 2.39. The fraction of sp³-hybridized carbons (Fsp3) is 0.214. The number of hydrogen-bond acceptors (Lipinski definition) is 5. The third kappa shape index (κ3) is 3.11. The molecule has 0 aliphatic carbocycles. The fourth-order valence-electron chi connectivity index (χ4n) is 2.09. The predicted octanol–water partition coefficient (Wildman–Crippen LogP) is 2.29. The molecule has 1 aromatic carbocycles. The number of halogens is 2. The van der Waals surface area contributed by atoms with Crippen molar-refractivity contribution in [2.45, 2.75) is 19.4 Å². The van der Waals surface area contributed by atoms with Crippen LogP contribution in [0.15, 0.2) is 29.8 Å². The third-order valence-electron chi connectivity index (χ3n) is 3.06. The second-order valence-electron chi connectivity index (χ2n) is 4.77. The Bertz CT molecular complexity index is 747. The molecular formula is C14H11ClFNO6. The minimum Gasteiger partial charge on any atom is -0.465 e. The summed E-state index contributed by atoms with van der Waals surface area (Å²) in [5, 5.41) is 10.7. The van der Waals surface area contributed by atoms with E-state index in [4.69, 9.17) is 26.2 Å². The SMILES string of the molecule is CC(=O)OC1=C(NC(=O)O)OC(C)(c2ccc(Cl)cc2F)C1=O. The molecule has 1 aromatic rings. The lowest BCUT2D eigenvalue weighted by atomic mass is 9.91. The van der Waals surface area contributed by atoms with Crippen molar-refractivity contribution in [3.8, 4) is 0 Å². The van der Waals surface area contributed by atoms with Crippen molar-refractivity contribution in [3.05, 3.63) is 46.2 Å². The first-order valence-corrected chi connectivity index (χ1v) is 6.65. The molecule has 2 N–H and O–H groups in total. The Balaban J connectivity index is 2.49. The molecule has 0 radical (unpaired) electrons. The second kappa shape index (κ2) is 5.88. The van der Waals surface area contributed by atoms with E-state index in [-0.39, 0.29) is 10.6 Å². The first-order chi connectivity index (χ1) is 10.6. The van der Waals surface area contributed by atoms with Gasteiger partial charge in [-0.05, 0) is 19.1 Å². The average molecular weight is 344 g/mol. The van der Waals surface area contributed by atoms with Crippen LogP contribution >= 0.6 is 11.6 Å². The van der Waals surface area contributed by atoms with Crippen LogP contribution in [0.4, 0.5) is 9.18 Å². The van der Waals surface area contributed by atoms with Gasteiger partial charge in [0.1, 0.15) is 5.82 Å². The van der Waals surface area contributed by atoms with Gasteiger partial charge in [0.25, 0.3) is 5.78 Å². The van der Waals surface area contributed by atoms with Gasteiger partial charge in [-0.25, -0.2) is 9.18 Å². The van der Waals surface area contributed by atoms with Crippen LogP contribution in [0, 0.1) is 5.82 Å². The van der Waals surface area contributed by atoms with E-state index in [1.165, 1.54) is 19.1 Å². The topological polar surface area (TPSA) is 102 Å². The Kier molecular flexibility index (Phi) is 4.28. The van der Waals surface area contributed by atoms with Crippen molar-refractivity contribution in [1.82, 2.24) is 5.32 Å². The summed E-state index contributed by atoms with van der Waals surface area (Å²) in [6, 6.07) is 3.55. The molecule has 23 heavy (non-hydrogen) atoms. The van der Waals surface area contributed by atoms with E-state index in [1.54, 1.807) is 0 Å². The fourth-order valence-corrected chi connectivity index (χ4v) is 2.24. The second-order valence-corrected chi connectivity index (χ2v) is 5.21. The maximum Gasteiger partial charge on any atom is 0.411 e. The van der Waals surface area contributed by atoms with E-state index in [1.807, 2.05) is 5.32 Å². The van der Waals surface area contributed by atoms with Gasteiger partial charge in [-0.15, -0.1) is 0 Å². The number of benzene rings is 1. The first-order valence-electron chi connectivity index (χ1n) is 6.27. The van der Waals surface area contributed by atoms with Crippen molar-refractivity contribution in [1.29, 1.82) is 0 Å². The van der Waals surface area contributed by atoms with Crippen LogP contribution < -0.4 is 5.32 Å². The van der Waals surface area contributed by atoms with Gasteiger partial charge in [-0.1, -0.05) is 17.7 Å². The zero-order chi connectivity index (χ0) is 17.4. The Hall–Kier alpha value is -2.61. The van der Waals surface area contributed by atoms with Crippen molar-refractivity contribution in [2.75, 3.05) is 0 Å². The molecule has 0 saturated heterocycles. The highest BCUT2D eigenvalue weighted by molar-refractivity contribution is 6.30. The van der Waals surface area contributed by atoms with E-state index < -0.39 is 40.9 Å². The molecule has 0 spiro atoms. The summed E-state index contributed by atoms with van der Waals surface area (Å²) in [6.07, 6.45) is -1.54. The van der Waals surface area contributed by atoms with Crippen LogP contribution in [0.2, 0.25) is 5.02 Å². The highest BCUT2D eigenvalue weighted by Gasteiger charge is 2.51. The summed E-state index contributed by atoms with van der Waals surface area (Å²) in [7, 11) is 0. The molecule has 0 bridgehead atoms. The number of amides is 1. The molecule has 0 fully saturated rings. The Morgan fingerprint density at radius 1 is 1.43 bits per heavy atom. The Labute approximate surface area is 134 Å². The minimum atomic E-state index is -1.91. The van der Waals surface area contributed by atoms with Gasteiger partial charge in [0.2, 0.25) is 17.2 Å². The maximum atomic E-state index is 14.1. The van der Waals surface area contributed by atoms with Gasteiger partial charge < -0.3 is 14.6 Å². The summed E-state index contributed by atoms with van der Waals surface area (Å²) in [6.45, 7) is 2.25. The lowest BCUT2D eigenvalue weighted by Gasteiger charge is -2.23. The summed E-state index contributed by atoms with van der Waals surface area (Å²) in [4.78, 5) is 34.4. The Morgan fingerprint density at radius 3 is 2.61 bits per heavy atom. The molecule has 1 aliphatic rings. The van der Waals surface area contributed by atoms with Crippen LogP contribution in [-0.2, 0) is 24.7 Å². The monoisotopic (exact) mass is 343 g/mol. The van der Waals surface area contributed by atoms with Gasteiger partial charge in [-0.2, -0.15) is 0 Å². The van der Waals surface area contributed by atoms with E-state index >= 15 is 0 Å². The summed E-state index contributed by atoms with van der Waals surface area (Å²) < 4.78 is 24.1. The molecule has 122 valence electrons. The van der Waals surface area contributed by atoms with Crippen LogP contribution in [0.25, 0.3) is 0 Å². The molecule has 1 heterocycles. The van der Waals surface area contributed by atoms with Crippen LogP contribution in [0.1, 0.15) is 19.4 Å². The van der Waals surface area contributed by atoms with E-state index in [0.29, 0.717) is 0 Å². The zero-order valence-electron chi connectivity index (χ0n) is 12.0. The number of carboxylic acid groups (broad SMARTS) is 1. The standard InChI is InChI=1S/C14H11ClFNO6/c1-6(18)22-10-11(19)14(2,23-12(10)17-13(20)21)8-4-3-7(15)5-9(8)16/h3-5,17H,1-2H3,(H,20,21). The molecule has 1 unspecified atom stereocenters. The van der Waals surface area contributed by atoms with Crippen LogP contribution in [0.3, 0.4) is 0 Å². The molecule has 9 heteroatoms. The van der Waals surface area contributed by atoms with Crippen molar-refractivity contribution in [2.24, 2.45) is 0 Å². The normalized spacial score (nSPS) is 20.3. The molecule has 0 saturated carbocycles. The average Bonchev–Trinajstić information content (AvgIpc) is 2.63. The van der Waals surface area contributed by atoms with E-state index in [2.05, 4.69) is 0 Å². The minimum absolute atomic E-state index is 0.109. The van der Waals surface area contributed by atoms with Gasteiger partial charge in [0.05, 0.1) is 0 Å². The third-order valence-corrected chi connectivity index (χ3v) is 3.30. The smallest absolute Gasteiger partial charge is 0.411 e. The number of ketones is 1. The quantitative estimate of drug-likeness (QED) is 0.816. The summed E-state index contributed by atoms with van der Waals surface area (Å²) in [5.41, 5.74) is -2.09. The lowest BCUT2D eigenvalue weighted by Crippen LogP contribution is -2.33. The van der Waals surface area contributed by atoms with Gasteiger partial charge >= 0.3 is 12.1 Å². The molecule has 1 amide bonds.